The molecular formula is C33H37N2O8PS. The molecule has 0 aliphatic carbocycles. The van der Waals surface area contributed by atoms with Gasteiger partial charge in [-0.05, 0) is 59.7 Å². The van der Waals surface area contributed by atoms with Gasteiger partial charge in [-0.25, -0.2) is 4.79 Å². The van der Waals surface area contributed by atoms with Gasteiger partial charge in [0.15, 0.2) is 6.49 Å². The Labute approximate surface area is 267 Å². The van der Waals surface area contributed by atoms with E-state index in [4.69, 9.17) is 39.8 Å². The van der Waals surface area contributed by atoms with Crippen LogP contribution in [0.1, 0.15) is 34.9 Å². The van der Waals surface area contributed by atoms with Crippen LogP contribution in [0.2, 0.25) is 0 Å². The molecule has 0 saturated carbocycles. The van der Waals surface area contributed by atoms with Gasteiger partial charge in [0.2, 0.25) is 0 Å². The van der Waals surface area contributed by atoms with Crippen molar-refractivity contribution in [2.75, 3.05) is 34.6 Å². The highest BCUT2D eigenvalue weighted by Crippen LogP contribution is 2.49. The number of H-pyrrole nitrogens is 1. The number of rotatable bonds is 12. The number of methoxy groups -OCH3 is 2. The number of nitrogens with zero attached hydrogens (tertiary/aromatic N) is 1. The van der Waals surface area contributed by atoms with Crippen LogP contribution >= 0.6 is 6.49 Å². The number of aromatic nitrogens is 2. The Kier molecular flexibility index (Phi) is 10.1. The molecule has 0 radical (unpaired) electrons. The van der Waals surface area contributed by atoms with Gasteiger partial charge in [-0.1, -0.05) is 54.6 Å². The normalized spacial score (nSPS) is 19.6. The first-order chi connectivity index (χ1) is 21.6. The largest absolute Gasteiger partial charge is 0.497 e. The van der Waals surface area contributed by atoms with E-state index in [0.717, 1.165) is 16.7 Å². The molecule has 4 aromatic rings. The first kappa shape index (κ1) is 32.8. The quantitative estimate of drug-likeness (QED) is 0.165. The lowest BCUT2D eigenvalue weighted by atomic mass is 9.80. The van der Waals surface area contributed by atoms with Crippen molar-refractivity contribution in [2.45, 2.75) is 37.4 Å². The molecule has 4 atom stereocenters. The molecule has 0 spiro atoms. The molecule has 10 nitrogen and oxygen atoms in total. The average Bonchev–Trinajstić information content (AvgIpc) is 3.45. The number of hydrogen-bond donors (Lipinski definition) is 1. The molecule has 1 aromatic heterocycles. The third-order valence-electron chi connectivity index (χ3n) is 7.93. The van der Waals surface area contributed by atoms with Crippen molar-refractivity contribution in [3.8, 4) is 11.5 Å². The van der Waals surface area contributed by atoms with Crippen LogP contribution in [-0.2, 0) is 35.9 Å². The monoisotopic (exact) mass is 652 g/mol. The van der Waals surface area contributed by atoms with E-state index in [9.17, 15) is 9.59 Å². The van der Waals surface area contributed by atoms with Gasteiger partial charge in [-0.3, -0.25) is 14.3 Å². The molecule has 3 aromatic carbocycles. The van der Waals surface area contributed by atoms with Crippen molar-refractivity contribution < 1.29 is 28.0 Å². The van der Waals surface area contributed by atoms with E-state index in [1.165, 1.54) is 17.9 Å². The Hall–Kier alpha value is -3.57. The van der Waals surface area contributed by atoms with Crippen LogP contribution < -0.4 is 20.7 Å². The third kappa shape index (κ3) is 6.99. The Bertz CT molecular complexity index is 1710. The predicted octanol–water partition coefficient (Wildman–Crippen LogP) is 5.13. The molecule has 1 aliphatic rings. The summed E-state index contributed by atoms with van der Waals surface area (Å²) < 4.78 is 37.6. The lowest BCUT2D eigenvalue weighted by Gasteiger charge is -2.37. The zero-order valence-corrected chi connectivity index (χ0v) is 27.5. The highest BCUT2D eigenvalue weighted by atomic mass is 32.5. The second-order valence-corrected chi connectivity index (χ2v) is 14.9. The summed E-state index contributed by atoms with van der Waals surface area (Å²) in [5.41, 5.74) is 0.872. The standard InChI is InChI=1S/C33H37N2O8PS/c1-22-20-35(32(37)34-31(22)36)30-19-28(43-44(5,45)40-4)29(42-30)21-41-33(23-9-7-6-8-10-23,24-11-15-26(38-2)16-12-24)25-13-17-27(39-3)18-14-25/h6-18,20,28-30H,19,21H2,1-5H3,(H,34,36,37)/t28-,29+,30+,44+/m0/s1. The van der Waals surface area contributed by atoms with E-state index in [1.807, 2.05) is 78.9 Å². The Morgan fingerprint density at radius 1 is 0.911 bits per heavy atom. The molecule has 0 amide bonds. The molecule has 1 N–H and O–H groups in total. The Morgan fingerprint density at radius 3 is 2.00 bits per heavy atom. The summed E-state index contributed by atoms with van der Waals surface area (Å²) in [5.74, 6) is 1.42. The van der Waals surface area contributed by atoms with Gasteiger partial charge in [-0.15, -0.1) is 0 Å². The Balaban J connectivity index is 1.59. The number of nitrogens with one attached hydrogen (secondary N) is 1. The van der Waals surface area contributed by atoms with Gasteiger partial charge >= 0.3 is 5.69 Å². The minimum Gasteiger partial charge on any atom is -0.497 e. The SMILES string of the molecule is COc1ccc(C(OC[C@H]2O[C@@H](n3cc(C)c(=O)[nH]c3=O)C[C@@H]2O[P@](C)(=S)OC)(c2ccccc2)c2ccc(OC)cc2)cc1. The van der Waals surface area contributed by atoms with Crippen LogP contribution in [0.15, 0.2) is 94.6 Å². The lowest BCUT2D eigenvalue weighted by molar-refractivity contribution is -0.0916. The highest BCUT2D eigenvalue weighted by Gasteiger charge is 2.44. The van der Waals surface area contributed by atoms with E-state index in [-0.39, 0.29) is 6.61 Å². The minimum absolute atomic E-state index is 0.0598. The van der Waals surface area contributed by atoms with E-state index in [1.54, 1.807) is 27.8 Å². The first-order valence-corrected chi connectivity index (χ1v) is 17.5. The van der Waals surface area contributed by atoms with Gasteiger partial charge < -0.3 is 28.0 Å². The van der Waals surface area contributed by atoms with Crippen molar-refractivity contribution in [2.24, 2.45) is 0 Å². The summed E-state index contributed by atoms with van der Waals surface area (Å²) in [5, 5.41) is 0. The summed E-state index contributed by atoms with van der Waals surface area (Å²) in [6.45, 7) is 0.795. The number of aryl methyl sites for hydroxylation is 1. The maximum absolute atomic E-state index is 12.8. The maximum atomic E-state index is 12.8. The van der Waals surface area contributed by atoms with Crippen molar-refractivity contribution in [1.29, 1.82) is 0 Å². The predicted molar refractivity (Wildman–Crippen MR) is 175 cm³/mol. The molecule has 2 heterocycles. The summed E-state index contributed by atoms with van der Waals surface area (Å²) >= 11 is 5.62. The second kappa shape index (κ2) is 13.8. The van der Waals surface area contributed by atoms with Crippen LogP contribution in [0.3, 0.4) is 0 Å². The molecule has 45 heavy (non-hydrogen) atoms. The van der Waals surface area contributed by atoms with Gasteiger partial charge in [0.05, 0.1) is 26.9 Å². The van der Waals surface area contributed by atoms with Crippen LogP contribution in [0, 0.1) is 6.92 Å². The van der Waals surface area contributed by atoms with Crippen LogP contribution in [0.4, 0.5) is 0 Å². The summed E-state index contributed by atoms with van der Waals surface area (Å²) in [6.07, 6.45) is -0.158. The lowest BCUT2D eigenvalue weighted by Crippen LogP contribution is -2.38. The van der Waals surface area contributed by atoms with Gasteiger partial charge in [-0.2, -0.15) is 0 Å². The molecule has 0 bridgehead atoms. The third-order valence-corrected chi connectivity index (χ3v) is 9.96. The van der Waals surface area contributed by atoms with Crippen molar-refractivity contribution in [1.82, 2.24) is 9.55 Å². The average molecular weight is 653 g/mol. The van der Waals surface area contributed by atoms with Crippen LogP contribution in [0.5, 0.6) is 11.5 Å². The maximum Gasteiger partial charge on any atom is 0.330 e. The van der Waals surface area contributed by atoms with Crippen LogP contribution in [0.25, 0.3) is 0 Å². The number of benzene rings is 3. The Morgan fingerprint density at radius 2 is 1.47 bits per heavy atom. The topological polar surface area (TPSA) is 110 Å². The smallest absolute Gasteiger partial charge is 0.330 e. The van der Waals surface area contributed by atoms with E-state index in [0.29, 0.717) is 23.5 Å². The molecule has 238 valence electrons. The number of ether oxygens (including phenoxy) is 4. The summed E-state index contributed by atoms with van der Waals surface area (Å²) in [6, 6.07) is 25.4. The summed E-state index contributed by atoms with van der Waals surface area (Å²) in [4.78, 5) is 27.2. The van der Waals surface area contributed by atoms with Crippen molar-refractivity contribution in [3.05, 3.63) is 128 Å². The van der Waals surface area contributed by atoms with Crippen LogP contribution in [-0.4, -0.2) is 56.4 Å². The minimum atomic E-state index is -2.64. The zero-order valence-electron chi connectivity index (χ0n) is 25.8. The molecule has 1 saturated heterocycles. The molecule has 1 fully saturated rings. The molecule has 0 unspecified atom stereocenters. The second-order valence-electron chi connectivity index (χ2n) is 10.8. The fourth-order valence-electron chi connectivity index (χ4n) is 5.50. The van der Waals surface area contributed by atoms with E-state index >= 15 is 0 Å². The van der Waals surface area contributed by atoms with Gasteiger partial charge in [0.1, 0.15) is 29.4 Å². The number of hydrogen-bond acceptors (Lipinski definition) is 9. The molecule has 5 rings (SSSR count). The number of aromatic amines is 1. The fourth-order valence-corrected chi connectivity index (χ4v) is 6.63. The van der Waals surface area contributed by atoms with Crippen molar-refractivity contribution >= 4 is 18.3 Å². The van der Waals surface area contributed by atoms with Gasteiger partial charge in [0, 0.05) is 32.0 Å². The summed E-state index contributed by atoms with van der Waals surface area (Å²) in [7, 11) is 4.76. The van der Waals surface area contributed by atoms with Crippen molar-refractivity contribution in [3.63, 3.8) is 0 Å². The highest BCUT2D eigenvalue weighted by molar-refractivity contribution is 8.09. The molecule has 12 heteroatoms. The fraction of sp³-hybridized carbons (Fsp3) is 0.333. The zero-order chi connectivity index (χ0) is 32.2. The van der Waals surface area contributed by atoms with E-state index < -0.39 is 41.8 Å². The van der Waals surface area contributed by atoms with Gasteiger partial charge in [0.25, 0.3) is 5.56 Å². The molecular weight excluding hydrogens is 615 g/mol. The molecule has 1 aliphatic heterocycles. The van der Waals surface area contributed by atoms with E-state index in [2.05, 4.69) is 4.98 Å². The first-order valence-electron chi connectivity index (χ1n) is 14.4.